The molecular weight excluding hydrogens is 328 g/mol. The van der Waals surface area contributed by atoms with E-state index in [2.05, 4.69) is 15.3 Å². The molecule has 0 aliphatic rings. The van der Waals surface area contributed by atoms with Crippen LogP contribution >= 0.6 is 11.6 Å². The van der Waals surface area contributed by atoms with Gasteiger partial charge in [0.05, 0.1) is 19.7 Å². The molecule has 0 atom stereocenters. The Bertz CT molecular complexity index is 886. The van der Waals surface area contributed by atoms with E-state index < -0.39 is 0 Å². The number of hydrogen-bond acceptors (Lipinski definition) is 6. The van der Waals surface area contributed by atoms with Gasteiger partial charge in [-0.15, -0.1) is 0 Å². The van der Waals surface area contributed by atoms with Gasteiger partial charge in [0.2, 0.25) is 5.95 Å². The molecule has 0 aliphatic carbocycles. The zero-order valence-corrected chi connectivity index (χ0v) is 14.1. The van der Waals surface area contributed by atoms with E-state index in [1.807, 2.05) is 24.3 Å². The predicted octanol–water partition coefficient (Wildman–Crippen LogP) is 3.49. The third-order valence-electron chi connectivity index (χ3n) is 3.57. The van der Waals surface area contributed by atoms with Gasteiger partial charge >= 0.3 is 0 Å². The summed E-state index contributed by atoms with van der Waals surface area (Å²) in [5, 5.41) is 4.55. The maximum Gasteiger partial charge on any atom is 0.225 e. The van der Waals surface area contributed by atoms with Crippen LogP contribution in [0.4, 0.5) is 11.8 Å². The van der Waals surface area contributed by atoms with Crippen molar-refractivity contribution >= 4 is 34.3 Å². The molecule has 0 aliphatic heterocycles. The standard InChI is InChI=1S/C17H17ClN4O2/c1-23-14-7-12-13(8-15(14)24-2)21-17(22-16(12)19)20-9-10-4-3-5-11(18)6-10/h3-8H,9H2,1-2H3,(H3,19,20,21,22). The summed E-state index contributed by atoms with van der Waals surface area (Å²) in [5.74, 6) is 1.98. The molecule has 124 valence electrons. The van der Waals surface area contributed by atoms with Gasteiger partial charge in [0, 0.05) is 23.0 Å². The quantitative estimate of drug-likeness (QED) is 0.737. The molecular formula is C17H17ClN4O2. The second kappa shape index (κ2) is 6.80. The minimum absolute atomic E-state index is 0.370. The average Bonchev–Trinajstić information content (AvgIpc) is 2.59. The monoisotopic (exact) mass is 344 g/mol. The number of anilines is 2. The molecule has 0 fully saturated rings. The number of hydrogen-bond donors (Lipinski definition) is 2. The summed E-state index contributed by atoms with van der Waals surface area (Å²) in [7, 11) is 3.15. The molecule has 3 N–H and O–H groups in total. The Hall–Kier alpha value is -2.73. The molecule has 1 heterocycles. The van der Waals surface area contributed by atoms with Crippen molar-refractivity contribution < 1.29 is 9.47 Å². The first-order chi connectivity index (χ1) is 11.6. The van der Waals surface area contributed by atoms with E-state index in [1.54, 1.807) is 26.4 Å². The summed E-state index contributed by atoms with van der Waals surface area (Å²) in [4.78, 5) is 8.78. The molecule has 0 bridgehead atoms. The average molecular weight is 345 g/mol. The highest BCUT2D eigenvalue weighted by atomic mass is 35.5. The SMILES string of the molecule is COc1cc2nc(NCc3cccc(Cl)c3)nc(N)c2cc1OC. The summed E-state index contributed by atoms with van der Waals surface area (Å²) >= 11 is 5.99. The summed E-state index contributed by atoms with van der Waals surface area (Å²) in [6.45, 7) is 0.540. The number of aromatic nitrogens is 2. The Kier molecular flexibility index (Phi) is 4.57. The van der Waals surface area contributed by atoms with Gasteiger partial charge in [0.1, 0.15) is 5.82 Å². The maximum absolute atomic E-state index is 6.06. The van der Waals surface area contributed by atoms with E-state index in [1.165, 1.54) is 0 Å². The van der Waals surface area contributed by atoms with Crippen molar-refractivity contribution in [2.75, 3.05) is 25.3 Å². The fourth-order valence-electron chi connectivity index (χ4n) is 2.39. The fourth-order valence-corrected chi connectivity index (χ4v) is 2.60. The van der Waals surface area contributed by atoms with E-state index in [-0.39, 0.29) is 0 Å². The zero-order chi connectivity index (χ0) is 17.1. The van der Waals surface area contributed by atoms with Crippen LogP contribution in [0, 0.1) is 0 Å². The van der Waals surface area contributed by atoms with Crippen LogP contribution in [0.3, 0.4) is 0 Å². The lowest BCUT2D eigenvalue weighted by Crippen LogP contribution is -2.06. The first-order valence-corrected chi connectivity index (χ1v) is 7.66. The second-order valence-electron chi connectivity index (χ2n) is 5.14. The van der Waals surface area contributed by atoms with Crippen LogP contribution in [-0.4, -0.2) is 24.2 Å². The Morgan fingerprint density at radius 3 is 2.54 bits per heavy atom. The van der Waals surface area contributed by atoms with Crippen molar-refractivity contribution in [3.05, 3.63) is 47.0 Å². The summed E-state index contributed by atoms with van der Waals surface area (Å²) in [5.41, 5.74) is 7.76. The van der Waals surface area contributed by atoms with Crippen LogP contribution in [-0.2, 0) is 6.54 Å². The van der Waals surface area contributed by atoms with Gasteiger partial charge in [-0.05, 0) is 23.8 Å². The Morgan fingerprint density at radius 2 is 1.83 bits per heavy atom. The third kappa shape index (κ3) is 3.28. The molecule has 0 amide bonds. The molecule has 6 nitrogen and oxygen atoms in total. The molecule has 7 heteroatoms. The predicted molar refractivity (Wildman–Crippen MR) is 95.8 cm³/mol. The van der Waals surface area contributed by atoms with Crippen LogP contribution in [0.1, 0.15) is 5.56 Å². The van der Waals surface area contributed by atoms with Crippen LogP contribution in [0.2, 0.25) is 5.02 Å². The van der Waals surface area contributed by atoms with Gasteiger partial charge in [0.25, 0.3) is 0 Å². The van der Waals surface area contributed by atoms with Crippen LogP contribution in [0.15, 0.2) is 36.4 Å². The lowest BCUT2D eigenvalue weighted by Gasteiger charge is -2.11. The molecule has 1 aromatic heterocycles. The number of fused-ring (bicyclic) bond motifs is 1. The van der Waals surface area contributed by atoms with E-state index in [4.69, 9.17) is 26.8 Å². The number of rotatable bonds is 5. The highest BCUT2D eigenvalue weighted by Crippen LogP contribution is 2.33. The van der Waals surface area contributed by atoms with Gasteiger partial charge in [-0.1, -0.05) is 23.7 Å². The van der Waals surface area contributed by atoms with E-state index in [0.29, 0.717) is 45.7 Å². The molecule has 0 saturated heterocycles. The number of nitrogens with two attached hydrogens (primary N) is 1. The number of halogens is 1. The topological polar surface area (TPSA) is 82.3 Å². The number of ether oxygens (including phenoxy) is 2. The summed E-state index contributed by atoms with van der Waals surface area (Å²) in [6.07, 6.45) is 0. The van der Waals surface area contributed by atoms with E-state index >= 15 is 0 Å². The number of benzene rings is 2. The number of nitrogens with zero attached hydrogens (tertiary/aromatic N) is 2. The number of methoxy groups -OCH3 is 2. The van der Waals surface area contributed by atoms with Crippen LogP contribution in [0.5, 0.6) is 11.5 Å². The minimum Gasteiger partial charge on any atom is -0.493 e. The summed E-state index contributed by atoms with van der Waals surface area (Å²) in [6, 6.07) is 11.1. The minimum atomic E-state index is 0.370. The van der Waals surface area contributed by atoms with E-state index in [9.17, 15) is 0 Å². The Labute approximate surface area is 144 Å². The van der Waals surface area contributed by atoms with Gasteiger partial charge in [-0.25, -0.2) is 4.98 Å². The molecule has 3 rings (SSSR count). The highest BCUT2D eigenvalue weighted by molar-refractivity contribution is 6.30. The van der Waals surface area contributed by atoms with Crippen LogP contribution in [0.25, 0.3) is 10.9 Å². The van der Waals surface area contributed by atoms with Crippen molar-refractivity contribution in [2.45, 2.75) is 6.54 Å². The molecule has 2 aromatic carbocycles. The Balaban J connectivity index is 1.92. The zero-order valence-electron chi connectivity index (χ0n) is 13.3. The van der Waals surface area contributed by atoms with Crippen molar-refractivity contribution in [2.24, 2.45) is 0 Å². The number of nitrogen functional groups attached to an aromatic ring is 1. The van der Waals surface area contributed by atoms with Gasteiger partial charge in [0.15, 0.2) is 11.5 Å². The summed E-state index contributed by atoms with van der Waals surface area (Å²) < 4.78 is 10.6. The van der Waals surface area contributed by atoms with Crippen molar-refractivity contribution in [1.29, 1.82) is 0 Å². The van der Waals surface area contributed by atoms with Crippen molar-refractivity contribution in [1.82, 2.24) is 9.97 Å². The first kappa shape index (κ1) is 16.1. The molecule has 0 radical (unpaired) electrons. The van der Waals surface area contributed by atoms with Crippen molar-refractivity contribution in [3.8, 4) is 11.5 Å². The molecule has 3 aromatic rings. The smallest absolute Gasteiger partial charge is 0.225 e. The molecule has 0 saturated carbocycles. The van der Waals surface area contributed by atoms with Gasteiger partial charge in [-0.2, -0.15) is 4.98 Å². The third-order valence-corrected chi connectivity index (χ3v) is 3.81. The highest BCUT2D eigenvalue weighted by Gasteiger charge is 2.11. The van der Waals surface area contributed by atoms with E-state index in [0.717, 1.165) is 5.56 Å². The molecule has 0 unspecified atom stereocenters. The van der Waals surface area contributed by atoms with Gasteiger partial charge < -0.3 is 20.5 Å². The van der Waals surface area contributed by atoms with Crippen LogP contribution < -0.4 is 20.5 Å². The van der Waals surface area contributed by atoms with Crippen molar-refractivity contribution in [3.63, 3.8) is 0 Å². The molecule has 0 spiro atoms. The Morgan fingerprint density at radius 1 is 1.08 bits per heavy atom. The van der Waals surface area contributed by atoms with Gasteiger partial charge in [-0.3, -0.25) is 0 Å². The largest absolute Gasteiger partial charge is 0.493 e. The maximum atomic E-state index is 6.06. The first-order valence-electron chi connectivity index (χ1n) is 7.28. The molecule has 24 heavy (non-hydrogen) atoms. The lowest BCUT2D eigenvalue weighted by molar-refractivity contribution is 0.356. The fraction of sp³-hybridized carbons (Fsp3) is 0.176. The number of nitrogens with one attached hydrogen (secondary N) is 1. The lowest BCUT2D eigenvalue weighted by atomic mass is 10.2. The normalized spacial score (nSPS) is 10.6. The second-order valence-corrected chi connectivity index (χ2v) is 5.58.